The second kappa shape index (κ2) is 6.48. The highest BCUT2D eigenvalue weighted by Crippen LogP contribution is 2.30. The second-order valence-electron chi connectivity index (χ2n) is 5.04. The summed E-state index contributed by atoms with van der Waals surface area (Å²) in [7, 11) is 0. The van der Waals surface area contributed by atoms with Crippen LogP contribution in [0.2, 0.25) is 0 Å². The molecular weight excluding hydrogens is 215 g/mol. The Kier molecular flexibility index (Phi) is 5.59. The Balaban J connectivity index is 1.98. The zero-order chi connectivity index (χ0) is 12.0. The van der Waals surface area contributed by atoms with E-state index in [1.165, 1.54) is 25.7 Å². The van der Waals surface area contributed by atoms with E-state index in [-0.39, 0.29) is 6.54 Å². The summed E-state index contributed by atoms with van der Waals surface area (Å²) in [6.45, 7) is 3.06. The minimum atomic E-state index is -4.02. The summed E-state index contributed by atoms with van der Waals surface area (Å²) in [5.41, 5.74) is 0. The fourth-order valence-electron chi connectivity index (χ4n) is 2.48. The van der Waals surface area contributed by atoms with Crippen molar-refractivity contribution in [2.45, 2.75) is 51.6 Å². The van der Waals surface area contributed by atoms with Gasteiger partial charge < -0.3 is 5.32 Å². The monoisotopic (exact) mass is 237 g/mol. The summed E-state index contributed by atoms with van der Waals surface area (Å²) >= 11 is 0. The molecule has 0 aromatic heterocycles. The van der Waals surface area contributed by atoms with Gasteiger partial charge in [-0.2, -0.15) is 13.2 Å². The Hall–Kier alpha value is -0.250. The van der Waals surface area contributed by atoms with Crippen molar-refractivity contribution < 1.29 is 13.2 Å². The topological polar surface area (TPSA) is 12.0 Å². The predicted molar refractivity (Wildman–Crippen MR) is 59.3 cm³/mol. The standard InChI is InChI=1S/C12H22F3N/c1-10-3-2-4-11(9-10)5-7-16-8-6-12(13,14)15/h10-11,16H,2-9H2,1H3. The molecule has 2 atom stereocenters. The van der Waals surface area contributed by atoms with E-state index in [1.54, 1.807) is 0 Å². The molecular formula is C12H22F3N. The molecule has 96 valence electrons. The zero-order valence-electron chi connectivity index (χ0n) is 9.95. The van der Waals surface area contributed by atoms with Crippen molar-refractivity contribution in [3.8, 4) is 0 Å². The summed E-state index contributed by atoms with van der Waals surface area (Å²) < 4.78 is 35.5. The van der Waals surface area contributed by atoms with Crippen LogP contribution in [0.25, 0.3) is 0 Å². The first-order valence-electron chi connectivity index (χ1n) is 6.25. The van der Waals surface area contributed by atoms with Crippen LogP contribution in [0, 0.1) is 11.8 Å². The van der Waals surface area contributed by atoms with Crippen molar-refractivity contribution in [1.82, 2.24) is 5.32 Å². The number of halogens is 3. The fourth-order valence-corrected chi connectivity index (χ4v) is 2.48. The Morgan fingerprint density at radius 3 is 2.56 bits per heavy atom. The zero-order valence-corrected chi connectivity index (χ0v) is 9.95. The average Bonchev–Trinajstić information content (AvgIpc) is 2.15. The lowest BCUT2D eigenvalue weighted by Gasteiger charge is -2.26. The summed E-state index contributed by atoms with van der Waals surface area (Å²) in [6, 6.07) is 0. The van der Waals surface area contributed by atoms with Crippen molar-refractivity contribution in [3.05, 3.63) is 0 Å². The van der Waals surface area contributed by atoms with Crippen molar-refractivity contribution in [3.63, 3.8) is 0 Å². The molecule has 0 aromatic rings. The van der Waals surface area contributed by atoms with Gasteiger partial charge in [-0.25, -0.2) is 0 Å². The maximum Gasteiger partial charge on any atom is 0.390 e. The molecule has 1 fully saturated rings. The normalized spacial score (nSPS) is 27.0. The lowest BCUT2D eigenvalue weighted by molar-refractivity contribution is -0.133. The minimum absolute atomic E-state index is 0.0613. The molecule has 0 saturated heterocycles. The SMILES string of the molecule is CC1CCCC(CCNCCC(F)(F)F)C1. The van der Waals surface area contributed by atoms with Gasteiger partial charge in [0.1, 0.15) is 0 Å². The first-order chi connectivity index (χ1) is 7.47. The molecule has 0 heterocycles. The summed E-state index contributed by atoms with van der Waals surface area (Å²) in [5.74, 6) is 1.52. The van der Waals surface area contributed by atoms with Crippen LogP contribution in [0.15, 0.2) is 0 Å². The Bertz CT molecular complexity index is 191. The van der Waals surface area contributed by atoms with Gasteiger partial charge in [0.05, 0.1) is 6.42 Å². The van der Waals surface area contributed by atoms with Gasteiger partial charge in [0.25, 0.3) is 0 Å². The van der Waals surface area contributed by atoms with Gasteiger partial charge >= 0.3 is 6.18 Å². The van der Waals surface area contributed by atoms with Gasteiger partial charge in [0.2, 0.25) is 0 Å². The van der Waals surface area contributed by atoms with Crippen molar-refractivity contribution in [2.24, 2.45) is 11.8 Å². The predicted octanol–water partition coefficient (Wildman–Crippen LogP) is 3.74. The highest BCUT2D eigenvalue weighted by molar-refractivity contribution is 4.71. The molecule has 4 heteroatoms. The number of nitrogens with one attached hydrogen (secondary N) is 1. The van der Waals surface area contributed by atoms with E-state index < -0.39 is 12.6 Å². The number of hydrogen-bond donors (Lipinski definition) is 1. The molecule has 2 unspecified atom stereocenters. The molecule has 0 spiro atoms. The summed E-state index contributed by atoms with van der Waals surface area (Å²) in [6.07, 6.45) is 1.40. The van der Waals surface area contributed by atoms with E-state index in [9.17, 15) is 13.2 Å². The molecule has 16 heavy (non-hydrogen) atoms. The Morgan fingerprint density at radius 2 is 1.94 bits per heavy atom. The first-order valence-corrected chi connectivity index (χ1v) is 6.25. The molecule has 0 aliphatic heterocycles. The fraction of sp³-hybridized carbons (Fsp3) is 1.00. The second-order valence-corrected chi connectivity index (χ2v) is 5.04. The maximum absolute atomic E-state index is 11.8. The van der Waals surface area contributed by atoms with Gasteiger partial charge in [-0.15, -0.1) is 0 Å². The van der Waals surface area contributed by atoms with Crippen LogP contribution < -0.4 is 5.32 Å². The van der Waals surface area contributed by atoms with Crippen LogP contribution in [0.3, 0.4) is 0 Å². The molecule has 1 nitrogen and oxygen atoms in total. The number of hydrogen-bond acceptors (Lipinski definition) is 1. The average molecular weight is 237 g/mol. The third kappa shape index (κ3) is 6.36. The van der Waals surface area contributed by atoms with Crippen LogP contribution >= 0.6 is 0 Å². The summed E-state index contributed by atoms with van der Waals surface area (Å²) in [4.78, 5) is 0. The molecule has 0 radical (unpaired) electrons. The van der Waals surface area contributed by atoms with Crippen LogP contribution in [-0.4, -0.2) is 19.3 Å². The van der Waals surface area contributed by atoms with Gasteiger partial charge in [-0.3, -0.25) is 0 Å². The molecule has 1 aliphatic carbocycles. The van der Waals surface area contributed by atoms with Crippen molar-refractivity contribution in [2.75, 3.05) is 13.1 Å². The molecule has 1 N–H and O–H groups in total. The van der Waals surface area contributed by atoms with Gasteiger partial charge in [0, 0.05) is 6.54 Å². The number of alkyl halides is 3. The first kappa shape index (κ1) is 13.8. The highest BCUT2D eigenvalue weighted by Gasteiger charge is 2.26. The lowest BCUT2D eigenvalue weighted by atomic mass is 9.81. The van der Waals surface area contributed by atoms with E-state index in [2.05, 4.69) is 12.2 Å². The largest absolute Gasteiger partial charge is 0.390 e. The molecule has 0 amide bonds. The molecule has 1 aliphatic rings. The highest BCUT2D eigenvalue weighted by atomic mass is 19.4. The van der Waals surface area contributed by atoms with Gasteiger partial charge in [-0.05, 0) is 31.2 Å². The molecule has 0 bridgehead atoms. The third-order valence-corrected chi connectivity index (χ3v) is 3.36. The van der Waals surface area contributed by atoms with Gasteiger partial charge in [0.15, 0.2) is 0 Å². The smallest absolute Gasteiger partial charge is 0.316 e. The van der Waals surface area contributed by atoms with Crippen LogP contribution in [-0.2, 0) is 0 Å². The molecule has 1 rings (SSSR count). The number of rotatable bonds is 5. The van der Waals surface area contributed by atoms with Gasteiger partial charge in [-0.1, -0.05) is 26.2 Å². The van der Waals surface area contributed by atoms with Crippen molar-refractivity contribution in [1.29, 1.82) is 0 Å². The third-order valence-electron chi connectivity index (χ3n) is 3.36. The van der Waals surface area contributed by atoms with E-state index in [0.717, 1.165) is 24.8 Å². The van der Waals surface area contributed by atoms with Crippen LogP contribution in [0.4, 0.5) is 13.2 Å². The maximum atomic E-state index is 11.8. The molecule has 1 saturated carbocycles. The van der Waals surface area contributed by atoms with Crippen molar-refractivity contribution >= 4 is 0 Å². The lowest BCUT2D eigenvalue weighted by Crippen LogP contribution is -2.25. The quantitative estimate of drug-likeness (QED) is 0.718. The Labute approximate surface area is 95.8 Å². The van der Waals surface area contributed by atoms with E-state index in [1.807, 2.05) is 0 Å². The summed E-state index contributed by atoms with van der Waals surface area (Å²) in [5, 5.41) is 2.88. The van der Waals surface area contributed by atoms with E-state index in [0.29, 0.717) is 0 Å². The molecule has 0 aromatic carbocycles. The van der Waals surface area contributed by atoms with E-state index >= 15 is 0 Å². The van der Waals surface area contributed by atoms with Crippen LogP contribution in [0.1, 0.15) is 45.4 Å². The van der Waals surface area contributed by atoms with E-state index in [4.69, 9.17) is 0 Å². The minimum Gasteiger partial charge on any atom is -0.316 e. The van der Waals surface area contributed by atoms with Crippen LogP contribution in [0.5, 0.6) is 0 Å². The Morgan fingerprint density at radius 1 is 1.19 bits per heavy atom.